The van der Waals surface area contributed by atoms with Crippen molar-refractivity contribution in [2.24, 2.45) is 0 Å². The Bertz CT molecular complexity index is 893. The van der Waals surface area contributed by atoms with Gasteiger partial charge in [-0.25, -0.2) is 4.98 Å². The predicted octanol–water partition coefficient (Wildman–Crippen LogP) is 3.55. The number of benzene rings is 2. The monoisotopic (exact) mass is 372 g/mol. The summed E-state index contributed by atoms with van der Waals surface area (Å²) in [5.74, 6) is 0. The Labute approximate surface area is 167 Å². The zero-order valence-electron chi connectivity index (χ0n) is 16.4. The molecule has 28 heavy (non-hydrogen) atoms. The Morgan fingerprint density at radius 1 is 0.893 bits per heavy atom. The standard InChI is InChI=1S/C24H28N4/c1-2-4-22-17-24(10-7-21(22)3-1)27-15-13-26(14-16-27)18-20-5-8-23(9-6-20)28-12-11-25-19-28/h1-6,8-9,11-12,19,24H,7,10,13-18H2/t24-/m1/s1. The highest BCUT2D eigenvalue weighted by Gasteiger charge is 2.27. The summed E-state index contributed by atoms with van der Waals surface area (Å²) in [7, 11) is 0. The number of imidazole rings is 1. The Kier molecular flexibility index (Phi) is 4.98. The van der Waals surface area contributed by atoms with E-state index in [0.717, 1.165) is 12.6 Å². The van der Waals surface area contributed by atoms with E-state index in [9.17, 15) is 0 Å². The number of aryl methyl sites for hydroxylation is 1. The summed E-state index contributed by atoms with van der Waals surface area (Å²) in [6, 6.07) is 18.6. The van der Waals surface area contributed by atoms with Crippen LogP contribution in [0.25, 0.3) is 5.69 Å². The van der Waals surface area contributed by atoms with E-state index in [-0.39, 0.29) is 0 Å². The molecule has 144 valence electrons. The van der Waals surface area contributed by atoms with Gasteiger partial charge in [-0.2, -0.15) is 0 Å². The first-order valence-electron chi connectivity index (χ1n) is 10.5. The molecule has 0 amide bonds. The molecule has 4 nitrogen and oxygen atoms in total. The number of rotatable bonds is 4. The number of hydrogen-bond acceptors (Lipinski definition) is 3. The summed E-state index contributed by atoms with van der Waals surface area (Å²) >= 11 is 0. The molecule has 5 rings (SSSR count). The second-order valence-electron chi connectivity index (χ2n) is 8.11. The molecule has 0 radical (unpaired) electrons. The number of nitrogens with zero attached hydrogens (tertiary/aromatic N) is 4. The zero-order valence-corrected chi connectivity index (χ0v) is 16.4. The van der Waals surface area contributed by atoms with Gasteiger partial charge in [-0.05, 0) is 48.1 Å². The van der Waals surface area contributed by atoms with Gasteiger partial charge in [-0.1, -0.05) is 36.4 Å². The largest absolute Gasteiger partial charge is 0.306 e. The normalized spacial score (nSPS) is 20.8. The van der Waals surface area contributed by atoms with Gasteiger partial charge in [0.1, 0.15) is 0 Å². The van der Waals surface area contributed by atoms with Crippen LogP contribution in [0.2, 0.25) is 0 Å². The third kappa shape index (κ3) is 3.75. The molecule has 2 heterocycles. The van der Waals surface area contributed by atoms with Gasteiger partial charge < -0.3 is 4.57 Å². The van der Waals surface area contributed by atoms with E-state index in [0.29, 0.717) is 0 Å². The maximum atomic E-state index is 4.12. The van der Waals surface area contributed by atoms with Crippen molar-refractivity contribution in [3.05, 3.63) is 83.9 Å². The summed E-state index contributed by atoms with van der Waals surface area (Å²) in [6.07, 6.45) is 9.43. The fourth-order valence-electron chi connectivity index (χ4n) is 4.72. The molecule has 2 aliphatic rings. The molecule has 2 aromatic carbocycles. The first kappa shape index (κ1) is 17.7. The highest BCUT2D eigenvalue weighted by molar-refractivity contribution is 5.34. The topological polar surface area (TPSA) is 24.3 Å². The molecular weight excluding hydrogens is 344 g/mol. The van der Waals surface area contributed by atoms with Crippen molar-refractivity contribution in [2.75, 3.05) is 26.2 Å². The zero-order chi connectivity index (χ0) is 18.8. The maximum absolute atomic E-state index is 4.12. The molecule has 1 aromatic heterocycles. The highest BCUT2D eigenvalue weighted by Crippen LogP contribution is 2.25. The first-order chi connectivity index (χ1) is 13.8. The van der Waals surface area contributed by atoms with Gasteiger partial charge in [-0.15, -0.1) is 0 Å². The average Bonchev–Trinajstić information content (AvgIpc) is 3.29. The third-order valence-corrected chi connectivity index (χ3v) is 6.39. The first-order valence-corrected chi connectivity index (χ1v) is 10.5. The summed E-state index contributed by atoms with van der Waals surface area (Å²) < 4.78 is 2.05. The molecule has 1 aliphatic heterocycles. The van der Waals surface area contributed by atoms with Crippen LogP contribution >= 0.6 is 0 Å². The van der Waals surface area contributed by atoms with Crippen LogP contribution < -0.4 is 0 Å². The number of fused-ring (bicyclic) bond motifs is 1. The Hall–Kier alpha value is -2.43. The van der Waals surface area contributed by atoms with Crippen molar-refractivity contribution in [1.82, 2.24) is 19.4 Å². The lowest BCUT2D eigenvalue weighted by molar-refractivity contribution is 0.0856. The van der Waals surface area contributed by atoms with Crippen molar-refractivity contribution >= 4 is 0 Å². The minimum atomic E-state index is 0.728. The van der Waals surface area contributed by atoms with Crippen LogP contribution in [0.1, 0.15) is 23.1 Å². The van der Waals surface area contributed by atoms with Gasteiger partial charge in [0.25, 0.3) is 0 Å². The summed E-state index contributed by atoms with van der Waals surface area (Å²) in [5.41, 5.74) is 5.70. The molecule has 0 spiro atoms. The SMILES string of the molecule is c1ccc2c(c1)CC[C@@H](N1CCN(Cc3ccc(-n4ccnc4)cc3)CC1)C2. The lowest BCUT2D eigenvalue weighted by Gasteiger charge is -2.41. The minimum Gasteiger partial charge on any atom is -0.306 e. The smallest absolute Gasteiger partial charge is 0.0991 e. The van der Waals surface area contributed by atoms with Crippen molar-refractivity contribution < 1.29 is 0 Å². The van der Waals surface area contributed by atoms with E-state index in [4.69, 9.17) is 0 Å². The number of aromatic nitrogens is 2. The Balaban J connectivity index is 1.15. The fourth-order valence-corrected chi connectivity index (χ4v) is 4.72. The number of hydrogen-bond donors (Lipinski definition) is 0. The molecule has 1 aliphatic carbocycles. The molecule has 3 aromatic rings. The molecular formula is C24H28N4. The summed E-state index contributed by atoms with van der Waals surface area (Å²) in [6.45, 7) is 5.77. The molecule has 0 saturated carbocycles. The Morgan fingerprint density at radius 3 is 2.43 bits per heavy atom. The minimum absolute atomic E-state index is 0.728. The molecule has 0 unspecified atom stereocenters. The van der Waals surface area contributed by atoms with Crippen molar-refractivity contribution in [1.29, 1.82) is 0 Å². The van der Waals surface area contributed by atoms with Gasteiger partial charge in [0.05, 0.1) is 6.33 Å². The van der Waals surface area contributed by atoms with Crippen LogP contribution in [0.4, 0.5) is 0 Å². The maximum Gasteiger partial charge on any atom is 0.0991 e. The van der Waals surface area contributed by atoms with Crippen LogP contribution in [-0.4, -0.2) is 51.6 Å². The molecule has 1 saturated heterocycles. The van der Waals surface area contributed by atoms with Gasteiger partial charge >= 0.3 is 0 Å². The molecule has 4 heteroatoms. The summed E-state index contributed by atoms with van der Waals surface area (Å²) in [4.78, 5) is 9.45. The number of piperazine rings is 1. The second-order valence-corrected chi connectivity index (χ2v) is 8.11. The van der Waals surface area contributed by atoms with E-state index >= 15 is 0 Å². The van der Waals surface area contributed by atoms with Crippen molar-refractivity contribution in [3.63, 3.8) is 0 Å². The average molecular weight is 373 g/mol. The van der Waals surface area contributed by atoms with E-state index in [1.54, 1.807) is 11.1 Å². The van der Waals surface area contributed by atoms with Crippen molar-refractivity contribution in [2.45, 2.75) is 31.8 Å². The molecule has 0 bridgehead atoms. The van der Waals surface area contributed by atoms with E-state index in [1.165, 1.54) is 56.7 Å². The van der Waals surface area contributed by atoms with Gasteiger partial charge in [0.2, 0.25) is 0 Å². The predicted molar refractivity (Wildman–Crippen MR) is 113 cm³/mol. The van der Waals surface area contributed by atoms with E-state index in [2.05, 4.69) is 63.3 Å². The van der Waals surface area contributed by atoms with Gasteiger partial charge in [-0.3, -0.25) is 9.80 Å². The third-order valence-electron chi connectivity index (χ3n) is 6.39. The Morgan fingerprint density at radius 2 is 1.68 bits per heavy atom. The fraction of sp³-hybridized carbons (Fsp3) is 0.375. The quantitative estimate of drug-likeness (QED) is 0.700. The lowest BCUT2D eigenvalue weighted by Crippen LogP contribution is -2.51. The van der Waals surface area contributed by atoms with Crippen LogP contribution in [0, 0.1) is 0 Å². The van der Waals surface area contributed by atoms with Crippen LogP contribution in [0.15, 0.2) is 67.3 Å². The molecule has 1 fully saturated rings. The second kappa shape index (κ2) is 7.90. The molecule has 1 atom stereocenters. The van der Waals surface area contributed by atoms with Crippen LogP contribution in [0.3, 0.4) is 0 Å². The highest BCUT2D eigenvalue weighted by atomic mass is 15.3. The van der Waals surface area contributed by atoms with Crippen LogP contribution in [0.5, 0.6) is 0 Å². The van der Waals surface area contributed by atoms with Gasteiger partial charge in [0.15, 0.2) is 0 Å². The van der Waals surface area contributed by atoms with E-state index < -0.39 is 0 Å². The van der Waals surface area contributed by atoms with Gasteiger partial charge in [0, 0.05) is 56.8 Å². The molecule has 0 N–H and O–H groups in total. The van der Waals surface area contributed by atoms with E-state index in [1.807, 2.05) is 23.3 Å². The lowest BCUT2D eigenvalue weighted by atomic mass is 9.87. The van der Waals surface area contributed by atoms with Crippen LogP contribution in [-0.2, 0) is 19.4 Å². The van der Waals surface area contributed by atoms with Crippen molar-refractivity contribution in [3.8, 4) is 5.69 Å². The summed E-state index contributed by atoms with van der Waals surface area (Å²) in [5, 5.41) is 0.